The van der Waals surface area contributed by atoms with Gasteiger partial charge in [0.05, 0.1) is 5.56 Å². The van der Waals surface area contributed by atoms with E-state index < -0.39 is 0 Å². The Morgan fingerprint density at radius 3 is 2.20 bits per heavy atom. The van der Waals surface area contributed by atoms with Crippen LogP contribution in [0, 0.1) is 5.82 Å². The van der Waals surface area contributed by atoms with Crippen LogP contribution in [0.5, 0.6) is 0 Å². The lowest BCUT2D eigenvalue weighted by Gasteiger charge is -2.19. The number of aromatic nitrogens is 2. The molecule has 0 saturated heterocycles. The van der Waals surface area contributed by atoms with E-state index in [2.05, 4.69) is 9.97 Å². The van der Waals surface area contributed by atoms with E-state index in [9.17, 15) is 4.39 Å². The highest BCUT2D eigenvalue weighted by molar-refractivity contribution is 6.37. The van der Waals surface area contributed by atoms with Gasteiger partial charge in [-0.25, -0.2) is 14.4 Å². The number of nitrogens with zero attached hydrogens (tertiary/aromatic N) is 3. The summed E-state index contributed by atoms with van der Waals surface area (Å²) in [6.07, 6.45) is 0. The van der Waals surface area contributed by atoms with Crippen LogP contribution in [0.4, 0.5) is 10.3 Å². The average molecular weight is 314 g/mol. The van der Waals surface area contributed by atoms with Gasteiger partial charge in [0.25, 0.3) is 0 Å². The maximum atomic E-state index is 13.3. The van der Waals surface area contributed by atoms with Gasteiger partial charge in [-0.05, 0) is 31.5 Å². The molecule has 6 heteroatoms. The minimum absolute atomic E-state index is 0.220. The SMILES string of the molecule is CCN(CC)c1nc(Cl)c(-c2cccc(F)c2)c(Cl)n1. The van der Waals surface area contributed by atoms with Gasteiger partial charge < -0.3 is 4.90 Å². The van der Waals surface area contributed by atoms with E-state index in [-0.39, 0.29) is 16.1 Å². The van der Waals surface area contributed by atoms with E-state index in [1.807, 2.05) is 18.7 Å². The Bertz CT molecular complexity index is 592. The van der Waals surface area contributed by atoms with Crippen molar-refractivity contribution in [2.75, 3.05) is 18.0 Å². The first-order chi connectivity index (χ1) is 9.56. The largest absolute Gasteiger partial charge is 0.341 e. The van der Waals surface area contributed by atoms with Gasteiger partial charge in [0.1, 0.15) is 16.1 Å². The lowest BCUT2D eigenvalue weighted by Crippen LogP contribution is -2.24. The van der Waals surface area contributed by atoms with Crippen LogP contribution in [-0.2, 0) is 0 Å². The van der Waals surface area contributed by atoms with E-state index in [1.165, 1.54) is 12.1 Å². The molecule has 1 aromatic carbocycles. The Morgan fingerprint density at radius 1 is 1.10 bits per heavy atom. The van der Waals surface area contributed by atoms with Gasteiger partial charge in [-0.15, -0.1) is 0 Å². The van der Waals surface area contributed by atoms with Gasteiger partial charge in [-0.1, -0.05) is 35.3 Å². The molecule has 0 aliphatic rings. The van der Waals surface area contributed by atoms with E-state index in [0.29, 0.717) is 17.1 Å². The Labute approximate surface area is 127 Å². The summed E-state index contributed by atoms with van der Waals surface area (Å²) in [7, 11) is 0. The van der Waals surface area contributed by atoms with Gasteiger partial charge in [-0.3, -0.25) is 0 Å². The molecule has 106 valence electrons. The molecule has 0 spiro atoms. The Morgan fingerprint density at radius 2 is 1.70 bits per heavy atom. The van der Waals surface area contributed by atoms with Crippen LogP contribution in [0.3, 0.4) is 0 Å². The lowest BCUT2D eigenvalue weighted by molar-refractivity contribution is 0.628. The molecule has 0 unspecified atom stereocenters. The van der Waals surface area contributed by atoms with Crippen LogP contribution in [-0.4, -0.2) is 23.1 Å². The summed E-state index contributed by atoms with van der Waals surface area (Å²) in [6.45, 7) is 5.50. The fourth-order valence-electron chi connectivity index (χ4n) is 1.93. The molecule has 0 radical (unpaired) electrons. The summed E-state index contributed by atoms with van der Waals surface area (Å²) in [4.78, 5) is 10.4. The maximum absolute atomic E-state index is 13.3. The number of hydrogen-bond donors (Lipinski definition) is 0. The molecule has 0 amide bonds. The standard InChI is InChI=1S/C14H14Cl2FN3/c1-3-20(4-2)14-18-12(15)11(13(16)19-14)9-6-5-7-10(17)8-9/h5-8H,3-4H2,1-2H3. The number of anilines is 1. The highest BCUT2D eigenvalue weighted by Crippen LogP contribution is 2.34. The first kappa shape index (κ1) is 15.0. The average Bonchev–Trinajstić information content (AvgIpc) is 2.39. The molecule has 1 heterocycles. The predicted molar refractivity (Wildman–Crippen MR) is 81.0 cm³/mol. The summed E-state index contributed by atoms with van der Waals surface area (Å²) >= 11 is 12.4. The molecule has 3 nitrogen and oxygen atoms in total. The third kappa shape index (κ3) is 3.02. The first-order valence-electron chi connectivity index (χ1n) is 6.30. The number of halogens is 3. The molecular formula is C14H14Cl2FN3. The van der Waals surface area contributed by atoms with Crippen LogP contribution in [0.15, 0.2) is 24.3 Å². The molecule has 0 N–H and O–H groups in total. The summed E-state index contributed by atoms with van der Waals surface area (Å²) < 4.78 is 13.3. The van der Waals surface area contributed by atoms with Crippen molar-refractivity contribution in [2.45, 2.75) is 13.8 Å². The van der Waals surface area contributed by atoms with Crippen molar-refractivity contribution in [3.05, 3.63) is 40.4 Å². The van der Waals surface area contributed by atoms with Crippen molar-refractivity contribution in [1.29, 1.82) is 0 Å². The molecule has 0 saturated carbocycles. The first-order valence-corrected chi connectivity index (χ1v) is 7.06. The van der Waals surface area contributed by atoms with Gasteiger partial charge in [0.15, 0.2) is 0 Å². The van der Waals surface area contributed by atoms with Crippen LogP contribution in [0.25, 0.3) is 11.1 Å². The zero-order chi connectivity index (χ0) is 14.7. The van der Waals surface area contributed by atoms with Crippen molar-refractivity contribution < 1.29 is 4.39 Å². The molecular weight excluding hydrogens is 300 g/mol. The summed E-state index contributed by atoms with van der Waals surface area (Å²) in [6, 6.07) is 6.02. The Hall–Kier alpha value is -1.39. The normalized spacial score (nSPS) is 10.7. The van der Waals surface area contributed by atoms with Crippen LogP contribution in [0.2, 0.25) is 10.3 Å². The topological polar surface area (TPSA) is 29.0 Å². The molecule has 0 atom stereocenters. The van der Waals surface area contributed by atoms with Gasteiger partial charge >= 0.3 is 0 Å². The second-order valence-corrected chi connectivity index (χ2v) is 4.88. The number of hydrogen-bond acceptors (Lipinski definition) is 3. The van der Waals surface area contributed by atoms with Crippen LogP contribution < -0.4 is 4.90 Å². The minimum atomic E-state index is -0.359. The molecule has 0 aliphatic heterocycles. The fraction of sp³-hybridized carbons (Fsp3) is 0.286. The molecule has 2 rings (SSSR count). The predicted octanol–water partition coefficient (Wildman–Crippen LogP) is 4.44. The van der Waals surface area contributed by atoms with Crippen molar-refractivity contribution in [3.63, 3.8) is 0 Å². The monoisotopic (exact) mass is 313 g/mol. The quantitative estimate of drug-likeness (QED) is 0.782. The number of benzene rings is 1. The van der Waals surface area contributed by atoms with E-state index in [0.717, 1.165) is 13.1 Å². The Kier molecular flexibility index (Phi) is 4.78. The van der Waals surface area contributed by atoms with Crippen LogP contribution >= 0.6 is 23.2 Å². The molecule has 20 heavy (non-hydrogen) atoms. The summed E-state index contributed by atoms with van der Waals surface area (Å²) in [5, 5.41) is 0.440. The third-order valence-electron chi connectivity index (χ3n) is 2.97. The second-order valence-electron chi connectivity index (χ2n) is 4.16. The van der Waals surface area contributed by atoms with Gasteiger partial charge in [0.2, 0.25) is 5.95 Å². The van der Waals surface area contributed by atoms with Crippen LogP contribution in [0.1, 0.15) is 13.8 Å². The van der Waals surface area contributed by atoms with Gasteiger partial charge in [0, 0.05) is 13.1 Å². The molecule has 0 bridgehead atoms. The highest BCUT2D eigenvalue weighted by Gasteiger charge is 2.16. The smallest absolute Gasteiger partial charge is 0.228 e. The molecule has 0 aliphatic carbocycles. The zero-order valence-corrected chi connectivity index (χ0v) is 12.7. The van der Waals surface area contributed by atoms with Gasteiger partial charge in [-0.2, -0.15) is 0 Å². The molecule has 0 fully saturated rings. The van der Waals surface area contributed by atoms with E-state index >= 15 is 0 Å². The van der Waals surface area contributed by atoms with Crippen molar-refractivity contribution in [1.82, 2.24) is 9.97 Å². The third-order valence-corrected chi connectivity index (χ3v) is 3.52. The van der Waals surface area contributed by atoms with E-state index in [4.69, 9.17) is 23.2 Å². The Balaban J connectivity index is 2.51. The molecule has 1 aromatic heterocycles. The van der Waals surface area contributed by atoms with Crippen molar-refractivity contribution in [2.24, 2.45) is 0 Å². The maximum Gasteiger partial charge on any atom is 0.228 e. The molecule has 2 aromatic rings. The number of rotatable bonds is 4. The van der Waals surface area contributed by atoms with Crippen molar-refractivity contribution >= 4 is 29.2 Å². The fourth-order valence-corrected chi connectivity index (χ4v) is 2.52. The summed E-state index contributed by atoms with van der Waals surface area (Å²) in [5.74, 6) is 0.118. The van der Waals surface area contributed by atoms with Crippen molar-refractivity contribution in [3.8, 4) is 11.1 Å². The summed E-state index contributed by atoms with van der Waals surface area (Å²) in [5.41, 5.74) is 1.01. The lowest BCUT2D eigenvalue weighted by atomic mass is 10.1. The highest BCUT2D eigenvalue weighted by atomic mass is 35.5. The van der Waals surface area contributed by atoms with E-state index in [1.54, 1.807) is 12.1 Å². The zero-order valence-electron chi connectivity index (χ0n) is 11.2. The second kappa shape index (κ2) is 6.37. The minimum Gasteiger partial charge on any atom is -0.341 e.